The first-order valence-electron chi connectivity index (χ1n) is 6.44. The number of ether oxygens (including phenoxy) is 1. The van der Waals surface area contributed by atoms with Crippen molar-refractivity contribution in [3.8, 4) is 0 Å². The summed E-state index contributed by atoms with van der Waals surface area (Å²) in [6.07, 6.45) is 2.42. The van der Waals surface area contributed by atoms with Gasteiger partial charge in [0.1, 0.15) is 5.54 Å². The molecule has 0 spiro atoms. The lowest BCUT2D eigenvalue weighted by molar-refractivity contribution is -0.149. The van der Waals surface area contributed by atoms with Crippen LogP contribution in [0.15, 0.2) is 0 Å². The molecule has 17 heavy (non-hydrogen) atoms. The van der Waals surface area contributed by atoms with E-state index in [0.29, 0.717) is 12.6 Å². The third-order valence-corrected chi connectivity index (χ3v) is 3.98. The number of methoxy groups -OCH3 is 1. The highest BCUT2D eigenvalue weighted by molar-refractivity contribution is 5.80. The number of likely N-dealkylation sites (N-methyl/N-ethyl adjacent to an activating group) is 1. The molecule has 1 N–H and O–H groups in total. The van der Waals surface area contributed by atoms with Crippen molar-refractivity contribution in [2.45, 2.75) is 45.2 Å². The number of nitrogens with one attached hydrogen (secondary N) is 1. The van der Waals surface area contributed by atoms with Crippen LogP contribution in [0.5, 0.6) is 0 Å². The maximum absolute atomic E-state index is 11.8. The molecule has 0 bridgehead atoms. The summed E-state index contributed by atoms with van der Waals surface area (Å²) < 4.78 is 4.88. The Morgan fingerprint density at radius 2 is 2.18 bits per heavy atom. The molecule has 1 fully saturated rings. The van der Waals surface area contributed by atoms with Gasteiger partial charge in [-0.05, 0) is 46.2 Å². The number of rotatable bonds is 4. The van der Waals surface area contributed by atoms with Gasteiger partial charge >= 0.3 is 5.97 Å². The Labute approximate surface area is 105 Å². The van der Waals surface area contributed by atoms with Crippen LogP contribution in [0.25, 0.3) is 0 Å². The van der Waals surface area contributed by atoms with Crippen LogP contribution < -0.4 is 5.32 Å². The standard InChI is InChI=1S/C13H26N2O2/c1-10-6-7-15(11(2)8-10)9-13(3,14-4)12(16)17-5/h10-11,14H,6-9H2,1-5H3. The fourth-order valence-corrected chi connectivity index (χ4v) is 2.57. The molecule has 3 unspecified atom stereocenters. The third-order valence-electron chi connectivity index (χ3n) is 3.98. The summed E-state index contributed by atoms with van der Waals surface area (Å²) in [5, 5.41) is 3.09. The zero-order chi connectivity index (χ0) is 13.1. The largest absolute Gasteiger partial charge is 0.468 e. The summed E-state index contributed by atoms with van der Waals surface area (Å²) in [5.41, 5.74) is -0.608. The molecule has 4 heteroatoms. The maximum atomic E-state index is 11.8. The molecule has 0 aliphatic carbocycles. The summed E-state index contributed by atoms with van der Waals surface area (Å²) in [4.78, 5) is 14.2. The number of esters is 1. The zero-order valence-corrected chi connectivity index (χ0v) is 11.7. The van der Waals surface area contributed by atoms with Crippen LogP contribution in [0.3, 0.4) is 0 Å². The van der Waals surface area contributed by atoms with Crippen LogP contribution in [0.1, 0.15) is 33.6 Å². The Kier molecular flexibility index (Phi) is 4.95. The second-order valence-corrected chi connectivity index (χ2v) is 5.52. The average Bonchev–Trinajstić information content (AvgIpc) is 2.31. The number of nitrogens with zero attached hydrogens (tertiary/aromatic N) is 1. The van der Waals surface area contributed by atoms with Gasteiger partial charge in [0.2, 0.25) is 0 Å². The Balaban J connectivity index is 2.65. The van der Waals surface area contributed by atoms with Gasteiger partial charge < -0.3 is 10.1 Å². The van der Waals surface area contributed by atoms with E-state index in [0.717, 1.165) is 12.5 Å². The van der Waals surface area contributed by atoms with Crippen molar-refractivity contribution in [1.82, 2.24) is 10.2 Å². The predicted molar refractivity (Wildman–Crippen MR) is 68.9 cm³/mol. The number of hydrogen-bond donors (Lipinski definition) is 1. The highest BCUT2D eigenvalue weighted by Crippen LogP contribution is 2.24. The van der Waals surface area contributed by atoms with E-state index in [1.165, 1.54) is 20.0 Å². The summed E-state index contributed by atoms with van der Waals surface area (Å²) in [7, 11) is 3.26. The van der Waals surface area contributed by atoms with Crippen LogP contribution in [0, 0.1) is 5.92 Å². The predicted octanol–water partition coefficient (Wildman–Crippen LogP) is 1.26. The van der Waals surface area contributed by atoms with Gasteiger partial charge in [0.25, 0.3) is 0 Å². The Morgan fingerprint density at radius 3 is 2.65 bits per heavy atom. The molecule has 0 aromatic carbocycles. The lowest BCUT2D eigenvalue weighted by Gasteiger charge is -2.41. The minimum Gasteiger partial charge on any atom is -0.468 e. The van der Waals surface area contributed by atoms with E-state index >= 15 is 0 Å². The average molecular weight is 242 g/mol. The van der Waals surface area contributed by atoms with Gasteiger partial charge in [0.05, 0.1) is 7.11 Å². The number of carbonyl (C=O) groups is 1. The summed E-state index contributed by atoms with van der Waals surface area (Å²) in [5.74, 6) is 0.603. The molecule has 1 aliphatic rings. The van der Waals surface area contributed by atoms with E-state index in [2.05, 4.69) is 24.1 Å². The molecule has 1 aliphatic heterocycles. The van der Waals surface area contributed by atoms with Crippen LogP contribution in [0.4, 0.5) is 0 Å². The van der Waals surface area contributed by atoms with Crippen LogP contribution in [-0.2, 0) is 9.53 Å². The molecule has 0 saturated carbocycles. The lowest BCUT2D eigenvalue weighted by atomic mass is 9.91. The zero-order valence-electron chi connectivity index (χ0n) is 11.7. The first kappa shape index (κ1) is 14.5. The number of likely N-dealkylation sites (tertiary alicyclic amines) is 1. The van der Waals surface area contributed by atoms with Crippen LogP contribution in [0.2, 0.25) is 0 Å². The topological polar surface area (TPSA) is 41.6 Å². The molecule has 4 nitrogen and oxygen atoms in total. The highest BCUT2D eigenvalue weighted by atomic mass is 16.5. The smallest absolute Gasteiger partial charge is 0.327 e. The van der Waals surface area contributed by atoms with Crippen molar-refractivity contribution in [2.75, 3.05) is 27.2 Å². The summed E-state index contributed by atoms with van der Waals surface area (Å²) >= 11 is 0. The van der Waals surface area contributed by atoms with Crippen LogP contribution in [-0.4, -0.2) is 49.7 Å². The van der Waals surface area contributed by atoms with Crippen molar-refractivity contribution in [2.24, 2.45) is 5.92 Å². The molecule has 0 aromatic heterocycles. The number of piperidine rings is 1. The van der Waals surface area contributed by atoms with Gasteiger partial charge in [0, 0.05) is 12.6 Å². The molecule has 100 valence electrons. The van der Waals surface area contributed by atoms with Crippen molar-refractivity contribution in [3.63, 3.8) is 0 Å². The normalized spacial score (nSPS) is 29.7. The molecular weight excluding hydrogens is 216 g/mol. The van der Waals surface area contributed by atoms with E-state index in [-0.39, 0.29) is 5.97 Å². The minimum absolute atomic E-state index is 0.189. The highest BCUT2D eigenvalue weighted by Gasteiger charge is 2.37. The monoisotopic (exact) mass is 242 g/mol. The molecular formula is C13H26N2O2. The fraction of sp³-hybridized carbons (Fsp3) is 0.923. The molecule has 0 aromatic rings. The molecule has 1 rings (SSSR count). The Morgan fingerprint density at radius 1 is 1.53 bits per heavy atom. The van der Waals surface area contributed by atoms with E-state index in [1.807, 2.05) is 14.0 Å². The van der Waals surface area contributed by atoms with Gasteiger partial charge in [-0.15, -0.1) is 0 Å². The first-order chi connectivity index (χ1) is 7.92. The van der Waals surface area contributed by atoms with Crippen molar-refractivity contribution < 1.29 is 9.53 Å². The van der Waals surface area contributed by atoms with Gasteiger partial charge in [-0.2, -0.15) is 0 Å². The lowest BCUT2D eigenvalue weighted by Crippen LogP contribution is -2.58. The van der Waals surface area contributed by atoms with Crippen molar-refractivity contribution >= 4 is 5.97 Å². The van der Waals surface area contributed by atoms with E-state index < -0.39 is 5.54 Å². The van der Waals surface area contributed by atoms with E-state index in [1.54, 1.807) is 0 Å². The number of hydrogen-bond acceptors (Lipinski definition) is 4. The van der Waals surface area contributed by atoms with Gasteiger partial charge in [-0.3, -0.25) is 9.69 Å². The van der Waals surface area contributed by atoms with E-state index in [9.17, 15) is 4.79 Å². The molecule has 3 atom stereocenters. The second kappa shape index (κ2) is 5.83. The van der Waals surface area contributed by atoms with E-state index in [4.69, 9.17) is 4.74 Å². The first-order valence-corrected chi connectivity index (χ1v) is 6.44. The third kappa shape index (κ3) is 3.42. The summed E-state index contributed by atoms with van der Waals surface area (Å²) in [6, 6.07) is 0.538. The quantitative estimate of drug-likeness (QED) is 0.754. The SMILES string of the molecule is CNC(C)(CN1CCC(C)CC1C)C(=O)OC. The Hall–Kier alpha value is -0.610. The van der Waals surface area contributed by atoms with Crippen molar-refractivity contribution in [3.05, 3.63) is 0 Å². The van der Waals surface area contributed by atoms with Crippen LogP contribution >= 0.6 is 0 Å². The molecule has 1 saturated heterocycles. The molecule has 0 radical (unpaired) electrons. The second-order valence-electron chi connectivity index (χ2n) is 5.52. The maximum Gasteiger partial charge on any atom is 0.327 e. The molecule has 1 heterocycles. The fourth-order valence-electron chi connectivity index (χ4n) is 2.57. The Bertz CT molecular complexity index is 270. The number of carbonyl (C=O) groups excluding carboxylic acids is 1. The van der Waals surface area contributed by atoms with Gasteiger partial charge in [0.15, 0.2) is 0 Å². The minimum atomic E-state index is -0.608. The van der Waals surface area contributed by atoms with Crippen molar-refractivity contribution in [1.29, 1.82) is 0 Å². The summed E-state index contributed by atoms with van der Waals surface area (Å²) in [6.45, 7) is 8.22. The molecule has 0 amide bonds. The van der Waals surface area contributed by atoms with Gasteiger partial charge in [-0.1, -0.05) is 6.92 Å². The van der Waals surface area contributed by atoms with Gasteiger partial charge in [-0.25, -0.2) is 0 Å².